The van der Waals surface area contributed by atoms with Crippen LogP contribution in [0.1, 0.15) is 28.6 Å². The highest BCUT2D eigenvalue weighted by Gasteiger charge is 2.15. The molecule has 1 aromatic heterocycles. The minimum atomic E-state index is -0.698. The molecule has 29 heavy (non-hydrogen) atoms. The second-order valence-electron chi connectivity index (χ2n) is 6.92. The highest BCUT2D eigenvalue weighted by Crippen LogP contribution is 2.16. The zero-order chi connectivity index (χ0) is 20.6. The van der Waals surface area contributed by atoms with Gasteiger partial charge in [0.05, 0.1) is 12.8 Å². The quantitative estimate of drug-likeness (QED) is 0.493. The molecule has 0 amide bonds. The number of aliphatic hydroxyl groups excluding tert-OH is 1. The van der Waals surface area contributed by atoms with Crippen LogP contribution in [0.2, 0.25) is 5.02 Å². The molecule has 0 saturated carbocycles. The number of ketones is 1. The summed E-state index contributed by atoms with van der Waals surface area (Å²) in [5.74, 6) is 1.44. The fraction of sp³-hybridized carbons (Fsp3) is 0.261. The summed E-state index contributed by atoms with van der Waals surface area (Å²) in [5, 5.41) is 11.2. The molecule has 1 unspecified atom stereocenters. The van der Waals surface area contributed by atoms with Gasteiger partial charge in [-0.25, -0.2) is 0 Å². The van der Waals surface area contributed by atoms with E-state index in [-0.39, 0.29) is 12.4 Å². The zero-order valence-electron chi connectivity index (χ0n) is 16.3. The third-order valence-corrected chi connectivity index (χ3v) is 4.66. The van der Waals surface area contributed by atoms with E-state index in [1.165, 1.54) is 6.92 Å². The largest absolute Gasteiger partial charge is 0.491 e. The molecule has 6 heteroatoms. The molecule has 0 spiro atoms. The summed E-state index contributed by atoms with van der Waals surface area (Å²) in [5.41, 5.74) is 1.68. The third kappa shape index (κ3) is 6.75. The van der Waals surface area contributed by atoms with Crippen molar-refractivity contribution >= 4 is 17.4 Å². The van der Waals surface area contributed by atoms with E-state index in [0.29, 0.717) is 36.0 Å². The number of halogens is 1. The maximum absolute atomic E-state index is 11.3. The van der Waals surface area contributed by atoms with Gasteiger partial charge < -0.3 is 14.3 Å². The fourth-order valence-corrected chi connectivity index (χ4v) is 3.24. The maximum Gasteiger partial charge on any atom is 0.159 e. The number of aliphatic hydroxyl groups is 1. The predicted octanol–water partition coefficient (Wildman–Crippen LogP) is 4.58. The van der Waals surface area contributed by atoms with Crippen LogP contribution in [-0.4, -0.2) is 35.0 Å². The summed E-state index contributed by atoms with van der Waals surface area (Å²) in [6.45, 7) is 3.24. The first-order valence-electron chi connectivity index (χ1n) is 9.40. The Morgan fingerprint density at radius 3 is 2.59 bits per heavy atom. The van der Waals surface area contributed by atoms with Crippen molar-refractivity contribution in [1.82, 2.24) is 4.90 Å². The summed E-state index contributed by atoms with van der Waals surface area (Å²) < 4.78 is 11.1. The number of Topliss-reactive ketones (excluding diaryl/α,β-unsaturated/α-hetero) is 1. The number of benzene rings is 2. The van der Waals surface area contributed by atoms with E-state index in [9.17, 15) is 9.90 Å². The van der Waals surface area contributed by atoms with Gasteiger partial charge in [0.15, 0.2) is 5.78 Å². The topological polar surface area (TPSA) is 62.9 Å². The van der Waals surface area contributed by atoms with Crippen LogP contribution in [0, 0.1) is 0 Å². The molecule has 3 rings (SSSR count). The Hall–Kier alpha value is -2.60. The van der Waals surface area contributed by atoms with Gasteiger partial charge >= 0.3 is 0 Å². The monoisotopic (exact) mass is 413 g/mol. The van der Waals surface area contributed by atoms with Crippen LogP contribution in [0.4, 0.5) is 0 Å². The first-order chi connectivity index (χ1) is 14.0. The first-order valence-corrected chi connectivity index (χ1v) is 9.78. The normalized spacial score (nSPS) is 12.1. The molecule has 1 N–H and O–H groups in total. The van der Waals surface area contributed by atoms with Crippen molar-refractivity contribution in [3.63, 3.8) is 0 Å². The second kappa shape index (κ2) is 10.3. The molecule has 1 heterocycles. The Bertz CT molecular complexity index is 909. The summed E-state index contributed by atoms with van der Waals surface area (Å²) in [4.78, 5) is 13.4. The maximum atomic E-state index is 11.3. The first kappa shape index (κ1) is 21.1. The van der Waals surface area contributed by atoms with E-state index in [0.717, 1.165) is 11.3 Å². The highest BCUT2D eigenvalue weighted by atomic mass is 35.5. The van der Waals surface area contributed by atoms with Gasteiger partial charge in [-0.05, 0) is 61.0 Å². The Morgan fingerprint density at radius 1 is 1.14 bits per heavy atom. The lowest BCUT2D eigenvalue weighted by Crippen LogP contribution is -2.35. The van der Waals surface area contributed by atoms with Gasteiger partial charge in [0.25, 0.3) is 0 Å². The van der Waals surface area contributed by atoms with Gasteiger partial charge in [-0.1, -0.05) is 23.7 Å². The van der Waals surface area contributed by atoms with Crippen molar-refractivity contribution in [1.29, 1.82) is 0 Å². The van der Waals surface area contributed by atoms with Crippen LogP contribution >= 0.6 is 11.6 Å². The molecule has 0 aliphatic carbocycles. The molecule has 1 atom stereocenters. The number of hydrogen-bond acceptors (Lipinski definition) is 5. The summed E-state index contributed by atoms with van der Waals surface area (Å²) in [7, 11) is 0. The van der Waals surface area contributed by atoms with Crippen LogP contribution in [0.3, 0.4) is 0 Å². The fourth-order valence-electron chi connectivity index (χ4n) is 3.03. The number of rotatable bonds is 10. The van der Waals surface area contributed by atoms with E-state index in [2.05, 4.69) is 4.90 Å². The molecule has 0 fully saturated rings. The van der Waals surface area contributed by atoms with E-state index in [1.807, 2.05) is 36.4 Å². The van der Waals surface area contributed by atoms with Crippen molar-refractivity contribution < 1.29 is 19.1 Å². The summed E-state index contributed by atoms with van der Waals surface area (Å²) in [6, 6.07) is 18.3. The summed E-state index contributed by atoms with van der Waals surface area (Å²) in [6.07, 6.45) is 0.938. The van der Waals surface area contributed by atoms with Crippen molar-refractivity contribution in [2.75, 3.05) is 13.2 Å². The molecule has 0 aliphatic heterocycles. The second-order valence-corrected chi connectivity index (χ2v) is 7.36. The molecular formula is C23H24ClNO4. The van der Waals surface area contributed by atoms with Gasteiger partial charge in [-0.2, -0.15) is 0 Å². The van der Waals surface area contributed by atoms with Crippen LogP contribution in [0.25, 0.3) is 0 Å². The van der Waals surface area contributed by atoms with Crippen molar-refractivity contribution in [3.8, 4) is 5.75 Å². The van der Waals surface area contributed by atoms with Gasteiger partial charge in [0, 0.05) is 23.7 Å². The average molecular weight is 414 g/mol. The number of carbonyl (C=O) groups excluding carboxylic acids is 1. The number of furan rings is 1. The van der Waals surface area contributed by atoms with Crippen molar-refractivity contribution in [2.45, 2.75) is 26.1 Å². The van der Waals surface area contributed by atoms with E-state index < -0.39 is 6.10 Å². The Kier molecular flexibility index (Phi) is 7.47. The smallest absolute Gasteiger partial charge is 0.159 e. The van der Waals surface area contributed by atoms with Gasteiger partial charge in [0.2, 0.25) is 0 Å². The lowest BCUT2D eigenvalue weighted by atomic mass is 10.1. The Balaban J connectivity index is 1.59. The molecule has 0 saturated heterocycles. The molecule has 0 aliphatic rings. The lowest BCUT2D eigenvalue weighted by Gasteiger charge is -2.24. The minimum absolute atomic E-state index is 0.00571. The number of nitrogens with zero attached hydrogens (tertiary/aromatic N) is 1. The van der Waals surface area contributed by atoms with Crippen LogP contribution in [0.5, 0.6) is 5.75 Å². The van der Waals surface area contributed by atoms with Crippen molar-refractivity contribution in [3.05, 3.63) is 88.8 Å². The number of ether oxygens (including phenoxy) is 1. The molecule has 5 nitrogen and oxygen atoms in total. The minimum Gasteiger partial charge on any atom is -0.491 e. The SMILES string of the molecule is CC(=O)c1ccc(OCC(O)CN(Cc2cccc(Cl)c2)Cc2ccco2)cc1. The number of carbonyl (C=O) groups is 1. The molecular weight excluding hydrogens is 390 g/mol. The molecule has 0 radical (unpaired) electrons. The molecule has 2 aromatic carbocycles. The molecule has 0 bridgehead atoms. The zero-order valence-corrected chi connectivity index (χ0v) is 17.0. The van der Waals surface area contributed by atoms with Gasteiger partial charge in [0.1, 0.15) is 24.2 Å². The third-order valence-electron chi connectivity index (χ3n) is 4.43. The molecule has 3 aromatic rings. The van der Waals surface area contributed by atoms with E-state index >= 15 is 0 Å². The Labute approximate surface area is 175 Å². The lowest BCUT2D eigenvalue weighted by molar-refractivity contribution is 0.0604. The van der Waals surface area contributed by atoms with Crippen molar-refractivity contribution in [2.24, 2.45) is 0 Å². The van der Waals surface area contributed by atoms with E-state index in [4.69, 9.17) is 20.8 Å². The van der Waals surface area contributed by atoms with Crippen LogP contribution in [-0.2, 0) is 13.1 Å². The van der Waals surface area contributed by atoms with Gasteiger partial charge in [-0.15, -0.1) is 0 Å². The number of hydrogen-bond donors (Lipinski definition) is 1. The van der Waals surface area contributed by atoms with E-state index in [1.54, 1.807) is 30.5 Å². The van der Waals surface area contributed by atoms with Crippen LogP contribution in [0.15, 0.2) is 71.3 Å². The standard InChI is InChI=1S/C23H24ClNO4/c1-17(26)19-7-9-22(10-8-19)29-16-21(27)14-25(15-23-6-3-11-28-23)13-18-4-2-5-20(24)12-18/h2-12,21,27H,13-16H2,1H3. The predicted molar refractivity (Wildman–Crippen MR) is 112 cm³/mol. The highest BCUT2D eigenvalue weighted by molar-refractivity contribution is 6.30. The summed E-state index contributed by atoms with van der Waals surface area (Å²) >= 11 is 6.10. The van der Waals surface area contributed by atoms with Crippen LogP contribution < -0.4 is 4.74 Å². The average Bonchev–Trinajstić information content (AvgIpc) is 3.19. The Morgan fingerprint density at radius 2 is 1.93 bits per heavy atom. The molecule has 152 valence electrons. The van der Waals surface area contributed by atoms with Gasteiger partial charge in [-0.3, -0.25) is 9.69 Å².